The van der Waals surface area contributed by atoms with Gasteiger partial charge in [0.25, 0.3) is 5.91 Å². The van der Waals surface area contributed by atoms with E-state index in [0.717, 1.165) is 3.57 Å². The molecular formula is C19H17IN2O4. The third kappa shape index (κ3) is 4.67. The van der Waals surface area contributed by atoms with Crippen molar-refractivity contribution in [1.82, 2.24) is 0 Å². The second-order valence-electron chi connectivity index (χ2n) is 5.09. The van der Waals surface area contributed by atoms with Gasteiger partial charge in [-0.15, -0.1) is 0 Å². The van der Waals surface area contributed by atoms with Crippen LogP contribution in [-0.2, 0) is 4.79 Å². The van der Waals surface area contributed by atoms with E-state index in [9.17, 15) is 10.1 Å². The lowest BCUT2D eigenvalue weighted by atomic mass is 10.1. The highest BCUT2D eigenvalue weighted by Crippen LogP contribution is 2.34. The highest BCUT2D eigenvalue weighted by atomic mass is 127. The summed E-state index contributed by atoms with van der Waals surface area (Å²) in [6.45, 7) is 0. The van der Waals surface area contributed by atoms with Gasteiger partial charge in [0.2, 0.25) is 0 Å². The van der Waals surface area contributed by atoms with Crippen molar-refractivity contribution in [3.05, 3.63) is 51.1 Å². The van der Waals surface area contributed by atoms with E-state index in [1.165, 1.54) is 13.2 Å². The van der Waals surface area contributed by atoms with Gasteiger partial charge in [-0.1, -0.05) is 0 Å². The molecule has 0 fully saturated rings. The van der Waals surface area contributed by atoms with Crippen LogP contribution in [0.3, 0.4) is 0 Å². The van der Waals surface area contributed by atoms with Crippen molar-refractivity contribution >= 4 is 40.3 Å². The highest BCUT2D eigenvalue weighted by Gasteiger charge is 2.13. The van der Waals surface area contributed by atoms with Gasteiger partial charge in [-0.25, -0.2) is 0 Å². The Kier molecular flexibility index (Phi) is 6.86. The van der Waals surface area contributed by atoms with E-state index in [0.29, 0.717) is 28.5 Å². The molecule has 0 heterocycles. The van der Waals surface area contributed by atoms with Crippen LogP contribution in [-0.4, -0.2) is 27.2 Å². The largest absolute Gasteiger partial charge is 0.497 e. The highest BCUT2D eigenvalue weighted by molar-refractivity contribution is 14.1. The predicted octanol–water partition coefficient (Wildman–Crippen LogP) is 3.86. The van der Waals surface area contributed by atoms with Gasteiger partial charge in [-0.05, 0) is 70.6 Å². The molecule has 2 rings (SSSR count). The second kappa shape index (κ2) is 9.10. The Morgan fingerprint density at radius 3 is 2.35 bits per heavy atom. The van der Waals surface area contributed by atoms with E-state index in [-0.39, 0.29) is 5.57 Å². The molecule has 0 spiro atoms. The van der Waals surface area contributed by atoms with E-state index < -0.39 is 5.91 Å². The Labute approximate surface area is 165 Å². The maximum absolute atomic E-state index is 12.4. The lowest BCUT2D eigenvalue weighted by molar-refractivity contribution is -0.112. The molecule has 0 saturated heterocycles. The number of halogens is 1. The SMILES string of the molecule is COc1ccc(NC(=O)/C(C#N)=C/c2cc(I)c(OC)c(OC)c2)cc1. The number of anilines is 1. The van der Waals surface area contributed by atoms with Gasteiger partial charge in [-0.3, -0.25) is 4.79 Å². The summed E-state index contributed by atoms with van der Waals surface area (Å²) < 4.78 is 16.5. The Balaban J connectivity index is 2.27. The molecule has 0 radical (unpaired) electrons. The number of carbonyl (C=O) groups excluding carboxylic acids is 1. The average Bonchev–Trinajstić information content (AvgIpc) is 2.66. The number of nitrogens with one attached hydrogen (secondary N) is 1. The fraction of sp³-hybridized carbons (Fsp3) is 0.158. The van der Waals surface area contributed by atoms with Crippen molar-refractivity contribution in [2.24, 2.45) is 0 Å². The second-order valence-corrected chi connectivity index (χ2v) is 6.25. The van der Waals surface area contributed by atoms with Gasteiger partial charge < -0.3 is 19.5 Å². The first-order valence-corrected chi connectivity index (χ1v) is 8.59. The van der Waals surface area contributed by atoms with E-state index in [1.807, 2.05) is 6.07 Å². The fourth-order valence-electron chi connectivity index (χ4n) is 2.21. The molecule has 1 amide bonds. The Hall–Kier alpha value is -2.73. The van der Waals surface area contributed by atoms with Crippen LogP contribution in [0.4, 0.5) is 5.69 Å². The molecule has 0 saturated carbocycles. The van der Waals surface area contributed by atoms with Crippen LogP contribution in [0.1, 0.15) is 5.56 Å². The van der Waals surface area contributed by atoms with E-state index in [4.69, 9.17) is 14.2 Å². The predicted molar refractivity (Wildman–Crippen MR) is 107 cm³/mol. The van der Waals surface area contributed by atoms with Crippen molar-refractivity contribution in [3.8, 4) is 23.3 Å². The van der Waals surface area contributed by atoms with Gasteiger partial charge in [0.15, 0.2) is 11.5 Å². The third-order valence-corrected chi connectivity index (χ3v) is 4.28. The zero-order valence-electron chi connectivity index (χ0n) is 14.5. The van der Waals surface area contributed by atoms with Crippen molar-refractivity contribution < 1.29 is 19.0 Å². The smallest absolute Gasteiger partial charge is 0.266 e. The lowest BCUT2D eigenvalue weighted by Gasteiger charge is -2.11. The van der Waals surface area contributed by atoms with Crippen LogP contribution >= 0.6 is 22.6 Å². The summed E-state index contributed by atoms with van der Waals surface area (Å²) >= 11 is 2.11. The molecule has 0 unspecified atom stereocenters. The number of nitriles is 1. The molecule has 134 valence electrons. The number of methoxy groups -OCH3 is 3. The molecule has 2 aromatic carbocycles. The molecule has 6 nitrogen and oxygen atoms in total. The minimum Gasteiger partial charge on any atom is -0.497 e. The van der Waals surface area contributed by atoms with E-state index in [2.05, 4.69) is 27.9 Å². The standard InChI is InChI=1S/C19H17IN2O4/c1-24-15-6-4-14(5-7-15)22-19(23)13(11-21)8-12-9-16(20)18(26-3)17(10-12)25-2/h4-10H,1-3H3,(H,22,23)/b13-8+. The van der Waals surface area contributed by atoms with Crippen molar-refractivity contribution in [1.29, 1.82) is 5.26 Å². The summed E-state index contributed by atoms with van der Waals surface area (Å²) in [5.41, 5.74) is 1.20. The number of carbonyl (C=O) groups is 1. The molecular weight excluding hydrogens is 447 g/mol. The zero-order valence-corrected chi connectivity index (χ0v) is 16.7. The van der Waals surface area contributed by atoms with Crippen LogP contribution in [0, 0.1) is 14.9 Å². The van der Waals surface area contributed by atoms with Crippen LogP contribution in [0.25, 0.3) is 6.08 Å². The first-order valence-electron chi connectivity index (χ1n) is 7.51. The lowest BCUT2D eigenvalue weighted by Crippen LogP contribution is -2.13. The summed E-state index contributed by atoms with van der Waals surface area (Å²) in [5.74, 6) is 1.31. The summed E-state index contributed by atoms with van der Waals surface area (Å²) in [7, 11) is 4.65. The maximum Gasteiger partial charge on any atom is 0.266 e. The first kappa shape index (κ1) is 19.6. The quantitative estimate of drug-likeness (QED) is 0.399. The molecule has 0 aromatic heterocycles. The number of hydrogen-bond donors (Lipinski definition) is 1. The van der Waals surface area contributed by atoms with Gasteiger partial charge in [0, 0.05) is 5.69 Å². The summed E-state index contributed by atoms with van der Waals surface area (Å²) in [6.07, 6.45) is 1.50. The average molecular weight is 464 g/mol. The Morgan fingerprint density at radius 2 is 1.81 bits per heavy atom. The topological polar surface area (TPSA) is 80.6 Å². The molecule has 1 N–H and O–H groups in total. The Bertz CT molecular complexity index is 870. The number of benzene rings is 2. The monoisotopic (exact) mass is 464 g/mol. The fourth-order valence-corrected chi connectivity index (χ4v) is 3.05. The van der Waals surface area contributed by atoms with Gasteiger partial charge >= 0.3 is 0 Å². The molecule has 0 aliphatic rings. The number of rotatable bonds is 6. The van der Waals surface area contributed by atoms with E-state index in [1.54, 1.807) is 50.6 Å². The molecule has 0 aliphatic carbocycles. The van der Waals surface area contributed by atoms with Crippen molar-refractivity contribution in [2.75, 3.05) is 26.6 Å². The number of hydrogen-bond acceptors (Lipinski definition) is 5. The van der Waals surface area contributed by atoms with Crippen LogP contribution in [0.2, 0.25) is 0 Å². The van der Waals surface area contributed by atoms with Crippen molar-refractivity contribution in [3.63, 3.8) is 0 Å². The zero-order chi connectivity index (χ0) is 19.1. The molecule has 7 heteroatoms. The minimum atomic E-state index is -0.498. The normalized spacial score (nSPS) is 10.7. The van der Waals surface area contributed by atoms with Crippen molar-refractivity contribution in [2.45, 2.75) is 0 Å². The molecule has 0 atom stereocenters. The number of nitrogens with zero attached hydrogens (tertiary/aromatic N) is 1. The maximum atomic E-state index is 12.4. The van der Waals surface area contributed by atoms with Crippen LogP contribution in [0.15, 0.2) is 42.0 Å². The number of amides is 1. The molecule has 2 aromatic rings. The third-order valence-electron chi connectivity index (χ3n) is 3.48. The Morgan fingerprint density at radius 1 is 1.12 bits per heavy atom. The van der Waals surface area contributed by atoms with Crippen LogP contribution < -0.4 is 19.5 Å². The molecule has 0 bridgehead atoms. The van der Waals surface area contributed by atoms with Gasteiger partial charge in [0.05, 0.1) is 24.9 Å². The minimum absolute atomic E-state index is 0.0242. The summed E-state index contributed by atoms with van der Waals surface area (Å²) in [5, 5.41) is 12.0. The first-order chi connectivity index (χ1) is 12.5. The number of ether oxygens (including phenoxy) is 3. The summed E-state index contributed by atoms with van der Waals surface area (Å²) in [4.78, 5) is 12.4. The van der Waals surface area contributed by atoms with E-state index >= 15 is 0 Å². The van der Waals surface area contributed by atoms with Gasteiger partial charge in [-0.2, -0.15) is 5.26 Å². The van der Waals surface area contributed by atoms with Crippen LogP contribution in [0.5, 0.6) is 17.2 Å². The van der Waals surface area contributed by atoms with Gasteiger partial charge in [0.1, 0.15) is 17.4 Å². The molecule has 26 heavy (non-hydrogen) atoms. The molecule has 0 aliphatic heterocycles. The summed E-state index contributed by atoms with van der Waals surface area (Å²) in [6, 6.07) is 12.3.